The van der Waals surface area contributed by atoms with E-state index in [4.69, 9.17) is 0 Å². The number of nitro groups is 1. The minimum Gasteiger partial charge on any atom is -0.307 e. The van der Waals surface area contributed by atoms with E-state index in [0.717, 1.165) is 17.5 Å². The number of hydrogen-bond donors (Lipinski definition) is 2. The van der Waals surface area contributed by atoms with Crippen LogP contribution in [0.4, 0.5) is 16.2 Å². The van der Waals surface area contributed by atoms with Crippen LogP contribution in [0.3, 0.4) is 0 Å². The summed E-state index contributed by atoms with van der Waals surface area (Å²) in [5.74, 6) is 0. The summed E-state index contributed by atoms with van der Waals surface area (Å²) in [6.07, 6.45) is 0. The van der Waals surface area contributed by atoms with Crippen LogP contribution in [-0.2, 0) is 0 Å². The lowest BCUT2D eigenvalue weighted by Gasteiger charge is -2.07. The Morgan fingerprint density at radius 1 is 1.19 bits per heavy atom. The van der Waals surface area contributed by atoms with Crippen molar-refractivity contribution in [2.24, 2.45) is 0 Å². The van der Waals surface area contributed by atoms with Crippen LogP contribution in [0.15, 0.2) is 53.4 Å². The van der Waals surface area contributed by atoms with Gasteiger partial charge < -0.3 is 5.32 Å². The lowest BCUT2D eigenvalue weighted by Crippen LogP contribution is -2.22. The first kappa shape index (κ1) is 14.9. The van der Waals surface area contributed by atoms with Crippen LogP contribution in [0.5, 0.6) is 0 Å². The van der Waals surface area contributed by atoms with Gasteiger partial charge in [0.25, 0.3) is 5.69 Å². The molecule has 0 aliphatic rings. The third-order valence-electron chi connectivity index (χ3n) is 2.59. The second-order valence-corrected chi connectivity index (χ2v) is 5.16. The number of aryl methyl sites for hydroxylation is 1. The summed E-state index contributed by atoms with van der Waals surface area (Å²) in [6.45, 7) is 1.94. The molecule has 0 saturated heterocycles. The highest BCUT2D eigenvalue weighted by Gasteiger charge is 2.06. The summed E-state index contributed by atoms with van der Waals surface area (Å²) in [5, 5.41) is 13.2. The van der Waals surface area contributed by atoms with Crippen molar-refractivity contribution in [2.75, 3.05) is 5.32 Å². The highest BCUT2D eigenvalue weighted by molar-refractivity contribution is 7.98. The molecule has 0 aliphatic heterocycles. The van der Waals surface area contributed by atoms with Crippen molar-refractivity contribution in [1.82, 2.24) is 4.72 Å². The highest BCUT2D eigenvalue weighted by atomic mass is 32.2. The molecule has 6 nitrogen and oxygen atoms in total. The molecular weight excluding hydrogens is 290 g/mol. The topological polar surface area (TPSA) is 84.3 Å². The molecule has 2 amide bonds. The van der Waals surface area contributed by atoms with Crippen LogP contribution in [0.1, 0.15) is 5.56 Å². The average Bonchev–Trinajstić information content (AvgIpc) is 2.45. The third-order valence-corrected chi connectivity index (χ3v) is 3.38. The summed E-state index contributed by atoms with van der Waals surface area (Å²) in [7, 11) is 0. The number of urea groups is 1. The zero-order valence-corrected chi connectivity index (χ0v) is 12.0. The standard InChI is InChI=1S/C14H13N3O3S/c1-10-3-2-4-11(9-10)15-14(18)16-21-13-7-5-12(6-8-13)17(19)20/h2-9H,1H3,(H2,15,16,18). The normalized spacial score (nSPS) is 9.95. The molecule has 0 unspecified atom stereocenters. The Morgan fingerprint density at radius 2 is 1.90 bits per heavy atom. The van der Waals surface area contributed by atoms with E-state index >= 15 is 0 Å². The van der Waals surface area contributed by atoms with Crippen LogP contribution in [0, 0.1) is 17.0 Å². The van der Waals surface area contributed by atoms with Crippen molar-refractivity contribution in [3.8, 4) is 0 Å². The Kier molecular flexibility index (Phi) is 4.78. The minimum absolute atomic E-state index is 0.0172. The number of nitro benzene ring substituents is 1. The van der Waals surface area contributed by atoms with Gasteiger partial charge in [-0.2, -0.15) is 0 Å². The molecule has 21 heavy (non-hydrogen) atoms. The maximum atomic E-state index is 11.7. The molecule has 108 valence electrons. The SMILES string of the molecule is Cc1cccc(NC(=O)NSc2ccc([N+](=O)[O-])cc2)c1. The maximum Gasteiger partial charge on any atom is 0.329 e. The number of hydrogen-bond acceptors (Lipinski definition) is 4. The van der Waals surface area contributed by atoms with Gasteiger partial charge in [0.15, 0.2) is 0 Å². The molecule has 0 aliphatic carbocycles. The summed E-state index contributed by atoms with van der Waals surface area (Å²) < 4.78 is 2.61. The average molecular weight is 303 g/mol. The predicted octanol–water partition coefficient (Wildman–Crippen LogP) is 3.73. The number of benzene rings is 2. The predicted molar refractivity (Wildman–Crippen MR) is 82.3 cm³/mol. The van der Waals surface area contributed by atoms with Crippen LogP contribution < -0.4 is 10.0 Å². The fraction of sp³-hybridized carbons (Fsp3) is 0.0714. The maximum absolute atomic E-state index is 11.7. The number of non-ortho nitro benzene ring substituents is 1. The molecule has 2 rings (SSSR count). The summed E-state index contributed by atoms with van der Waals surface area (Å²) >= 11 is 1.09. The van der Waals surface area contributed by atoms with E-state index in [2.05, 4.69) is 10.0 Å². The van der Waals surface area contributed by atoms with Crippen LogP contribution >= 0.6 is 11.9 Å². The highest BCUT2D eigenvalue weighted by Crippen LogP contribution is 2.19. The van der Waals surface area contributed by atoms with E-state index in [1.54, 1.807) is 18.2 Å². The zero-order chi connectivity index (χ0) is 15.2. The van der Waals surface area contributed by atoms with E-state index < -0.39 is 4.92 Å². The molecule has 0 aromatic heterocycles. The fourth-order valence-corrected chi connectivity index (χ4v) is 2.15. The molecule has 2 aromatic rings. The quantitative estimate of drug-likeness (QED) is 0.512. The molecule has 0 atom stereocenters. The van der Waals surface area contributed by atoms with E-state index in [1.165, 1.54) is 12.1 Å². The second-order valence-electron chi connectivity index (χ2n) is 4.28. The van der Waals surface area contributed by atoms with Gasteiger partial charge in [-0.15, -0.1) is 0 Å². The molecule has 2 N–H and O–H groups in total. The number of carbonyl (C=O) groups is 1. The van der Waals surface area contributed by atoms with Gasteiger partial charge in [0.1, 0.15) is 0 Å². The Bertz CT molecular complexity index is 659. The van der Waals surface area contributed by atoms with Crippen LogP contribution in [0.25, 0.3) is 0 Å². The van der Waals surface area contributed by atoms with Crippen molar-refractivity contribution in [1.29, 1.82) is 0 Å². The molecule has 0 radical (unpaired) electrons. The van der Waals surface area contributed by atoms with E-state index in [0.29, 0.717) is 10.6 Å². The van der Waals surface area contributed by atoms with Gasteiger partial charge in [0.2, 0.25) is 0 Å². The van der Waals surface area contributed by atoms with Gasteiger partial charge in [-0.3, -0.25) is 14.8 Å². The van der Waals surface area contributed by atoms with E-state index in [-0.39, 0.29) is 11.7 Å². The van der Waals surface area contributed by atoms with Gasteiger partial charge >= 0.3 is 6.03 Å². The smallest absolute Gasteiger partial charge is 0.307 e. The molecular formula is C14H13N3O3S. The summed E-state index contributed by atoms with van der Waals surface area (Å²) in [4.78, 5) is 22.5. The lowest BCUT2D eigenvalue weighted by molar-refractivity contribution is -0.384. The van der Waals surface area contributed by atoms with E-state index in [9.17, 15) is 14.9 Å². The van der Waals surface area contributed by atoms with Crippen molar-refractivity contribution in [3.05, 3.63) is 64.2 Å². The van der Waals surface area contributed by atoms with Gasteiger partial charge in [0, 0.05) is 22.7 Å². The van der Waals surface area contributed by atoms with Gasteiger partial charge in [-0.05, 0) is 48.7 Å². The number of amides is 2. The number of carbonyl (C=O) groups excluding carboxylic acids is 1. The van der Waals surface area contributed by atoms with E-state index in [1.807, 2.05) is 25.1 Å². The molecule has 0 saturated carbocycles. The molecule has 0 spiro atoms. The Morgan fingerprint density at radius 3 is 2.52 bits per heavy atom. The number of nitrogens with one attached hydrogen (secondary N) is 2. The molecule has 2 aromatic carbocycles. The van der Waals surface area contributed by atoms with Crippen molar-refractivity contribution >= 4 is 29.4 Å². The van der Waals surface area contributed by atoms with Crippen LogP contribution in [-0.4, -0.2) is 11.0 Å². The number of anilines is 1. The molecule has 0 bridgehead atoms. The third kappa shape index (κ3) is 4.50. The summed E-state index contributed by atoms with van der Waals surface area (Å²) in [6, 6.07) is 13.0. The lowest BCUT2D eigenvalue weighted by atomic mass is 10.2. The van der Waals surface area contributed by atoms with Gasteiger partial charge in [-0.25, -0.2) is 4.79 Å². The first-order valence-electron chi connectivity index (χ1n) is 6.09. The fourth-order valence-electron chi connectivity index (χ4n) is 1.62. The largest absolute Gasteiger partial charge is 0.329 e. The first-order valence-corrected chi connectivity index (χ1v) is 6.91. The van der Waals surface area contributed by atoms with Crippen LogP contribution in [0.2, 0.25) is 0 Å². The molecule has 7 heteroatoms. The zero-order valence-electron chi connectivity index (χ0n) is 11.2. The Hall–Kier alpha value is -2.54. The Balaban J connectivity index is 1.87. The summed E-state index contributed by atoms with van der Waals surface area (Å²) in [5.41, 5.74) is 1.77. The number of nitrogens with zero attached hydrogens (tertiary/aromatic N) is 1. The first-order chi connectivity index (χ1) is 10.0. The Labute approximate surface area is 125 Å². The van der Waals surface area contributed by atoms with Crippen molar-refractivity contribution in [3.63, 3.8) is 0 Å². The van der Waals surface area contributed by atoms with Gasteiger partial charge in [0.05, 0.1) is 4.92 Å². The van der Waals surface area contributed by atoms with Crippen molar-refractivity contribution < 1.29 is 9.72 Å². The van der Waals surface area contributed by atoms with Crippen molar-refractivity contribution in [2.45, 2.75) is 11.8 Å². The minimum atomic E-state index is -0.466. The molecule has 0 fully saturated rings. The second kappa shape index (κ2) is 6.76. The monoisotopic (exact) mass is 303 g/mol. The number of rotatable bonds is 4. The molecule has 0 heterocycles. The van der Waals surface area contributed by atoms with Gasteiger partial charge in [-0.1, -0.05) is 12.1 Å².